The molecule has 0 aliphatic carbocycles. The van der Waals surface area contributed by atoms with Crippen molar-refractivity contribution in [1.82, 2.24) is 19.9 Å². The van der Waals surface area contributed by atoms with Crippen LogP contribution in [0.25, 0.3) is 0 Å². The van der Waals surface area contributed by atoms with Gasteiger partial charge in [0.2, 0.25) is 11.2 Å². The van der Waals surface area contributed by atoms with Gasteiger partial charge in [-0.3, -0.25) is 4.98 Å². The lowest BCUT2D eigenvalue weighted by atomic mass is 10.2. The molecule has 2 aromatic heterocycles. The summed E-state index contributed by atoms with van der Waals surface area (Å²) in [6.07, 6.45) is 5.32. The van der Waals surface area contributed by atoms with Crippen LogP contribution < -0.4 is 9.64 Å². The van der Waals surface area contributed by atoms with E-state index in [2.05, 4.69) is 19.9 Å². The summed E-state index contributed by atoms with van der Waals surface area (Å²) >= 11 is 5.91. The smallest absolute Gasteiger partial charge is 0.322 e. The number of ether oxygens (including phenoxy) is 1. The van der Waals surface area contributed by atoms with Crippen LogP contribution in [0.4, 0.5) is 5.95 Å². The number of hydrogen-bond donors (Lipinski definition) is 0. The zero-order chi connectivity index (χ0) is 15.1. The van der Waals surface area contributed by atoms with Gasteiger partial charge in [0.15, 0.2) is 0 Å². The predicted octanol–water partition coefficient (Wildman–Crippen LogP) is 2.39. The molecule has 2 aromatic rings. The van der Waals surface area contributed by atoms with Gasteiger partial charge < -0.3 is 9.64 Å². The van der Waals surface area contributed by atoms with Gasteiger partial charge in [0, 0.05) is 26.0 Å². The summed E-state index contributed by atoms with van der Waals surface area (Å²) in [5.74, 6) is 0.509. The molecule has 0 saturated heterocycles. The fourth-order valence-electron chi connectivity index (χ4n) is 1.70. The molecule has 6 nitrogen and oxygen atoms in total. The molecule has 112 valence electrons. The molecule has 2 heterocycles. The van der Waals surface area contributed by atoms with Crippen LogP contribution in [-0.2, 0) is 6.42 Å². The van der Waals surface area contributed by atoms with Gasteiger partial charge in [-0.25, -0.2) is 0 Å². The minimum absolute atomic E-state index is 0.141. The Balaban J connectivity index is 2.01. The summed E-state index contributed by atoms with van der Waals surface area (Å²) in [7, 11) is 1.91. The first-order valence-electron chi connectivity index (χ1n) is 6.83. The summed E-state index contributed by atoms with van der Waals surface area (Å²) in [6.45, 7) is 3.34. The lowest BCUT2D eigenvalue weighted by Crippen LogP contribution is -2.23. The van der Waals surface area contributed by atoms with E-state index >= 15 is 0 Å². The van der Waals surface area contributed by atoms with Crippen LogP contribution in [0.15, 0.2) is 24.5 Å². The average Bonchev–Trinajstić information content (AvgIpc) is 2.51. The molecular weight excluding hydrogens is 290 g/mol. The van der Waals surface area contributed by atoms with Crippen molar-refractivity contribution in [3.63, 3.8) is 0 Å². The maximum absolute atomic E-state index is 5.91. The number of anilines is 1. The molecule has 0 saturated carbocycles. The third kappa shape index (κ3) is 4.82. The van der Waals surface area contributed by atoms with E-state index in [0.717, 1.165) is 19.4 Å². The normalized spacial score (nSPS) is 10.4. The van der Waals surface area contributed by atoms with Crippen LogP contribution in [0.3, 0.4) is 0 Å². The fraction of sp³-hybridized carbons (Fsp3) is 0.429. The summed E-state index contributed by atoms with van der Waals surface area (Å²) in [6, 6.07) is 4.25. The fourth-order valence-corrected chi connectivity index (χ4v) is 1.84. The molecule has 0 unspecified atom stereocenters. The first-order chi connectivity index (χ1) is 10.2. The number of halogens is 1. The second-order valence-corrected chi connectivity index (χ2v) is 4.90. The standard InChI is InChI=1S/C14H18ClN5O/c1-3-10-21-14-18-12(15)17-13(19-14)20(2)9-6-11-4-7-16-8-5-11/h4-5,7-8H,3,6,9-10H2,1-2H3. The third-order valence-corrected chi connectivity index (χ3v) is 3.01. The first-order valence-corrected chi connectivity index (χ1v) is 7.21. The highest BCUT2D eigenvalue weighted by Crippen LogP contribution is 2.14. The number of aromatic nitrogens is 4. The first kappa shape index (κ1) is 15.4. The topological polar surface area (TPSA) is 64.0 Å². The Labute approximate surface area is 129 Å². The van der Waals surface area contributed by atoms with Crippen molar-refractivity contribution in [3.8, 4) is 6.01 Å². The Bertz CT molecular complexity index is 567. The molecule has 0 spiro atoms. The summed E-state index contributed by atoms with van der Waals surface area (Å²) in [4.78, 5) is 18.3. The van der Waals surface area contributed by atoms with Crippen LogP contribution in [0.1, 0.15) is 18.9 Å². The Morgan fingerprint density at radius 1 is 1.19 bits per heavy atom. The number of hydrogen-bond acceptors (Lipinski definition) is 6. The monoisotopic (exact) mass is 307 g/mol. The Kier molecular flexibility index (Phi) is 5.68. The van der Waals surface area contributed by atoms with E-state index in [9.17, 15) is 0 Å². The number of rotatable bonds is 7. The molecule has 0 aliphatic rings. The molecule has 0 N–H and O–H groups in total. The lowest BCUT2D eigenvalue weighted by molar-refractivity contribution is 0.291. The lowest BCUT2D eigenvalue weighted by Gasteiger charge is -2.17. The summed E-state index contributed by atoms with van der Waals surface area (Å²) in [5, 5.41) is 0.141. The molecule has 0 bridgehead atoms. The highest BCUT2D eigenvalue weighted by atomic mass is 35.5. The van der Waals surface area contributed by atoms with Gasteiger partial charge in [-0.1, -0.05) is 6.92 Å². The van der Waals surface area contributed by atoms with Gasteiger partial charge in [0.25, 0.3) is 0 Å². The SMILES string of the molecule is CCCOc1nc(Cl)nc(N(C)CCc2ccncc2)n1. The van der Waals surface area contributed by atoms with Crippen molar-refractivity contribution < 1.29 is 4.74 Å². The highest BCUT2D eigenvalue weighted by Gasteiger charge is 2.10. The van der Waals surface area contributed by atoms with Crippen molar-refractivity contribution >= 4 is 17.5 Å². The van der Waals surface area contributed by atoms with Gasteiger partial charge in [-0.05, 0) is 42.1 Å². The molecule has 0 aliphatic heterocycles. The quantitative estimate of drug-likeness (QED) is 0.782. The van der Waals surface area contributed by atoms with E-state index in [-0.39, 0.29) is 11.3 Å². The molecule has 0 radical (unpaired) electrons. The molecule has 21 heavy (non-hydrogen) atoms. The minimum atomic E-state index is 0.141. The largest absolute Gasteiger partial charge is 0.463 e. The third-order valence-electron chi connectivity index (χ3n) is 2.84. The van der Waals surface area contributed by atoms with E-state index in [1.165, 1.54) is 5.56 Å². The van der Waals surface area contributed by atoms with E-state index in [1.54, 1.807) is 12.4 Å². The maximum Gasteiger partial charge on any atom is 0.322 e. The molecule has 0 atom stereocenters. The Morgan fingerprint density at radius 2 is 1.95 bits per heavy atom. The van der Waals surface area contributed by atoms with Gasteiger partial charge in [-0.2, -0.15) is 15.0 Å². The van der Waals surface area contributed by atoms with E-state index in [0.29, 0.717) is 12.6 Å². The van der Waals surface area contributed by atoms with Crippen molar-refractivity contribution in [1.29, 1.82) is 0 Å². The van der Waals surface area contributed by atoms with Crippen molar-refractivity contribution in [2.24, 2.45) is 0 Å². The zero-order valence-electron chi connectivity index (χ0n) is 12.2. The second kappa shape index (κ2) is 7.73. The van der Waals surface area contributed by atoms with Gasteiger partial charge in [0.1, 0.15) is 0 Å². The predicted molar refractivity (Wildman–Crippen MR) is 81.8 cm³/mol. The summed E-state index contributed by atoms with van der Waals surface area (Å²) in [5.41, 5.74) is 1.21. The van der Waals surface area contributed by atoms with Crippen LogP contribution in [0, 0.1) is 0 Å². The number of likely N-dealkylation sites (N-methyl/N-ethyl adjacent to an activating group) is 1. The highest BCUT2D eigenvalue weighted by molar-refractivity contribution is 6.28. The Morgan fingerprint density at radius 3 is 2.67 bits per heavy atom. The van der Waals surface area contributed by atoms with Crippen molar-refractivity contribution in [3.05, 3.63) is 35.4 Å². The summed E-state index contributed by atoms with van der Waals surface area (Å²) < 4.78 is 5.41. The molecule has 0 fully saturated rings. The van der Waals surface area contributed by atoms with Gasteiger partial charge >= 0.3 is 6.01 Å². The zero-order valence-corrected chi connectivity index (χ0v) is 12.9. The van der Waals surface area contributed by atoms with Crippen LogP contribution in [0.2, 0.25) is 5.28 Å². The van der Waals surface area contributed by atoms with Crippen molar-refractivity contribution in [2.45, 2.75) is 19.8 Å². The van der Waals surface area contributed by atoms with E-state index in [4.69, 9.17) is 16.3 Å². The van der Waals surface area contributed by atoms with Gasteiger partial charge in [-0.15, -0.1) is 0 Å². The van der Waals surface area contributed by atoms with Crippen LogP contribution in [-0.4, -0.2) is 40.1 Å². The van der Waals surface area contributed by atoms with Gasteiger partial charge in [0.05, 0.1) is 6.61 Å². The van der Waals surface area contributed by atoms with E-state index < -0.39 is 0 Å². The molecule has 2 rings (SSSR count). The van der Waals surface area contributed by atoms with Crippen LogP contribution in [0.5, 0.6) is 6.01 Å². The minimum Gasteiger partial charge on any atom is -0.463 e. The molecule has 7 heteroatoms. The molecule has 0 amide bonds. The Hall–Kier alpha value is -1.95. The number of nitrogens with zero attached hydrogens (tertiary/aromatic N) is 5. The maximum atomic E-state index is 5.91. The number of pyridine rings is 1. The van der Waals surface area contributed by atoms with E-state index in [1.807, 2.05) is 31.0 Å². The van der Waals surface area contributed by atoms with Crippen molar-refractivity contribution in [2.75, 3.05) is 25.1 Å². The molecular formula is C14H18ClN5O. The molecule has 0 aromatic carbocycles. The second-order valence-electron chi connectivity index (χ2n) is 4.56. The average molecular weight is 308 g/mol. The van der Waals surface area contributed by atoms with Crippen LogP contribution >= 0.6 is 11.6 Å².